The summed E-state index contributed by atoms with van der Waals surface area (Å²) in [6, 6.07) is 18.2. The number of ether oxygens (including phenoxy) is 2. The topological polar surface area (TPSA) is 64.6 Å². The minimum absolute atomic E-state index is 0.297. The maximum Gasteiger partial charge on any atom is 0.337 e. The van der Waals surface area contributed by atoms with Crippen molar-refractivity contribution in [2.75, 3.05) is 12.4 Å². The van der Waals surface area contributed by atoms with Crippen molar-refractivity contribution < 1.29 is 19.1 Å². The number of hydrogen-bond acceptors (Lipinski definition) is 4. The van der Waals surface area contributed by atoms with E-state index in [9.17, 15) is 9.59 Å². The number of halogens is 1. The number of nitrogens with one attached hydrogen (secondary N) is 1. The minimum atomic E-state index is -0.709. The van der Waals surface area contributed by atoms with Gasteiger partial charge in [-0.15, -0.1) is 0 Å². The summed E-state index contributed by atoms with van der Waals surface area (Å²) in [6.45, 7) is 1.86. The van der Waals surface area contributed by atoms with Crippen molar-refractivity contribution in [1.29, 1.82) is 0 Å². The molecule has 0 saturated carbocycles. The molecule has 0 bridgehead atoms. The van der Waals surface area contributed by atoms with E-state index < -0.39 is 12.1 Å². The van der Waals surface area contributed by atoms with Gasteiger partial charge in [0.1, 0.15) is 5.75 Å². The molecule has 1 N–H and O–H groups in total. The quantitative estimate of drug-likeness (QED) is 0.589. The second-order valence-corrected chi connectivity index (χ2v) is 6.61. The number of methoxy groups -OCH3 is 1. The number of esters is 1. The molecule has 0 aromatic heterocycles. The molecular weight excluding hydrogens is 378 g/mol. The molecule has 0 aliphatic heterocycles. The van der Waals surface area contributed by atoms with Crippen molar-refractivity contribution >= 4 is 39.9 Å². The van der Waals surface area contributed by atoms with Crippen LogP contribution in [0, 0.1) is 0 Å². The van der Waals surface area contributed by atoms with Crippen LogP contribution in [0.15, 0.2) is 60.7 Å². The summed E-state index contributed by atoms with van der Waals surface area (Å²) in [5.74, 6) is -0.249. The Kier molecular flexibility index (Phi) is 6.16. The van der Waals surface area contributed by atoms with E-state index >= 15 is 0 Å². The van der Waals surface area contributed by atoms with Crippen molar-refractivity contribution in [3.63, 3.8) is 0 Å². The highest BCUT2D eigenvalue weighted by Crippen LogP contribution is 2.25. The molecule has 0 aliphatic carbocycles. The van der Waals surface area contributed by atoms with Gasteiger partial charge in [-0.25, -0.2) is 4.79 Å². The zero-order valence-electron chi connectivity index (χ0n) is 15.6. The molecule has 1 atom stereocenters. The summed E-state index contributed by atoms with van der Waals surface area (Å²) < 4.78 is 10.6. The lowest BCUT2D eigenvalue weighted by Crippen LogP contribution is -2.32. The van der Waals surface area contributed by atoms with Crippen LogP contribution in [0.5, 0.6) is 5.75 Å². The van der Waals surface area contributed by atoms with Gasteiger partial charge in [0.15, 0.2) is 6.10 Å². The Morgan fingerprint density at radius 3 is 2.50 bits per heavy atom. The Balaban J connectivity index is 1.77. The molecule has 3 aromatic rings. The molecule has 144 valence electrons. The van der Waals surface area contributed by atoms with Gasteiger partial charge in [-0.3, -0.25) is 4.79 Å². The van der Waals surface area contributed by atoms with Crippen LogP contribution in [-0.2, 0) is 9.53 Å². The first-order valence-corrected chi connectivity index (χ1v) is 9.23. The Bertz CT molecular complexity index is 1020. The van der Waals surface area contributed by atoms with E-state index in [1.54, 1.807) is 0 Å². The first-order valence-electron chi connectivity index (χ1n) is 8.86. The van der Waals surface area contributed by atoms with Gasteiger partial charge in [-0.1, -0.05) is 48.9 Å². The van der Waals surface area contributed by atoms with Crippen LogP contribution in [0.3, 0.4) is 0 Å². The number of rotatable bonds is 6. The summed E-state index contributed by atoms with van der Waals surface area (Å²) in [4.78, 5) is 24.4. The average Bonchev–Trinajstić information content (AvgIpc) is 2.72. The maximum absolute atomic E-state index is 12.7. The zero-order valence-corrected chi connectivity index (χ0v) is 16.3. The molecule has 0 spiro atoms. The first kappa shape index (κ1) is 19.7. The number of anilines is 1. The van der Waals surface area contributed by atoms with Gasteiger partial charge in [-0.2, -0.15) is 0 Å². The highest BCUT2D eigenvalue weighted by Gasteiger charge is 2.20. The van der Waals surface area contributed by atoms with Gasteiger partial charge in [0.25, 0.3) is 5.91 Å². The monoisotopic (exact) mass is 397 g/mol. The summed E-state index contributed by atoms with van der Waals surface area (Å²) in [7, 11) is 1.29. The number of carbonyl (C=O) groups is 2. The fourth-order valence-corrected chi connectivity index (χ4v) is 2.97. The number of amides is 1. The molecule has 1 amide bonds. The molecule has 28 heavy (non-hydrogen) atoms. The van der Waals surface area contributed by atoms with Crippen molar-refractivity contribution in [1.82, 2.24) is 0 Å². The fourth-order valence-electron chi connectivity index (χ4n) is 2.81. The third-order valence-corrected chi connectivity index (χ3v) is 4.64. The first-order chi connectivity index (χ1) is 13.5. The Morgan fingerprint density at radius 2 is 1.79 bits per heavy atom. The maximum atomic E-state index is 12.7. The molecule has 5 nitrogen and oxygen atoms in total. The largest absolute Gasteiger partial charge is 0.481 e. The summed E-state index contributed by atoms with van der Waals surface area (Å²) >= 11 is 6.15. The van der Waals surface area contributed by atoms with Crippen LogP contribution in [0.25, 0.3) is 10.8 Å². The number of hydrogen-bond donors (Lipinski definition) is 1. The molecule has 0 radical (unpaired) electrons. The summed E-state index contributed by atoms with van der Waals surface area (Å²) in [5, 5.41) is 5.18. The number of carbonyl (C=O) groups excluding carboxylic acids is 2. The van der Waals surface area contributed by atoms with Gasteiger partial charge in [-0.05, 0) is 47.5 Å². The second kappa shape index (κ2) is 8.76. The zero-order chi connectivity index (χ0) is 20.1. The van der Waals surface area contributed by atoms with Crippen LogP contribution < -0.4 is 10.1 Å². The predicted molar refractivity (Wildman–Crippen MR) is 110 cm³/mol. The molecule has 3 rings (SSSR count). The van der Waals surface area contributed by atoms with Crippen LogP contribution in [0.2, 0.25) is 5.02 Å². The van der Waals surface area contributed by atoms with E-state index in [1.165, 1.54) is 25.3 Å². The SMILES string of the molecule is CC[C@@H](Oc1ccc2ccccc2c1)C(=O)Nc1cc(C(=O)OC)ccc1Cl. The molecule has 0 unspecified atom stereocenters. The lowest BCUT2D eigenvalue weighted by atomic mass is 10.1. The predicted octanol–water partition coefficient (Wildman–Crippen LogP) is 5.08. The van der Waals surface area contributed by atoms with E-state index in [1.807, 2.05) is 49.4 Å². The number of benzene rings is 3. The Hall–Kier alpha value is -3.05. The van der Waals surface area contributed by atoms with Gasteiger partial charge >= 0.3 is 5.97 Å². The average molecular weight is 398 g/mol. The van der Waals surface area contributed by atoms with E-state index in [2.05, 4.69) is 5.32 Å². The molecule has 0 heterocycles. The summed E-state index contributed by atoms with van der Waals surface area (Å²) in [5.41, 5.74) is 0.626. The smallest absolute Gasteiger partial charge is 0.337 e. The molecular formula is C22H20ClNO4. The number of fused-ring (bicyclic) bond motifs is 1. The highest BCUT2D eigenvalue weighted by atomic mass is 35.5. The van der Waals surface area contributed by atoms with Gasteiger partial charge < -0.3 is 14.8 Å². The molecule has 0 aliphatic rings. The van der Waals surface area contributed by atoms with Gasteiger partial charge in [0.2, 0.25) is 0 Å². The van der Waals surface area contributed by atoms with E-state index in [0.717, 1.165) is 10.8 Å². The Morgan fingerprint density at radius 1 is 1.04 bits per heavy atom. The van der Waals surface area contributed by atoms with E-state index in [0.29, 0.717) is 28.4 Å². The van der Waals surface area contributed by atoms with Crippen LogP contribution in [0.1, 0.15) is 23.7 Å². The van der Waals surface area contributed by atoms with Gasteiger partial charge in [0, 0.05) is 0 Å². The lowest BCUT2D eigenvalue weighted by Gasteiger charge is -2.18. The van der Waals surface area contributed by atoms with Crippen LogP contribution in [-0.4, -0.2) is 25.1 Å². The lowest BCUT2D eigenvalue weighted by molar-refractivity contribution is -0.122. The molecule has 0 saturated heterocycles. The third kappa shape index (κ3) is 4.43. The van der Waals surface area contributed by atoms with Crippen molar-refractivity contribution in [2.24, 2.45) is 0 Å². The standard InChI is InChI=1S/C22H20ClNO4/c1-3-20(28-17-10-8-14-6-4-5-7-15(14)12-17)21(25)24-19-13-16(22(26)27-2)9-11-18(19)23/h4-13,20H,3H2,1-2H3,(H,24,25)/t20-/m1/s1. The third-order valence-electron chi connectivity index (χ3n) is 4.31. The minimum Gasteiger partial charge on any atom is -0.481 e. The normalized spacial score (nSPS) is 11.7. The van der Waals surface area contributed by atoms with Gasteiger partial charge in [0.05, 0.1) is 23.4 Å². The Labute approximate surface area is 168 Å². The second-order valence-electron chi connectivity index (χ2n) is 6.20. The van der Waals surface area contributed by atoms with Crippen molar-refractivity contribution in [3.05, 3.63) is 71.2 Å². The van der Waals surface area contributed by atoms with Crippen LogP contribution in [0.4, 0.5) is 5.69 Å². The highest BCUT2D eigenvalue weighted by molar-refractivity contribution is 6.34. The molecule has 6 heteroatoms. The molecule has 3 aromatic carbocycles. The summed E-state index contributed by atoms with van der Waals surface area (Å²) in [6.07, 6.45) is -0.244. The van der Waals surface area contributed by atoms with Crippen molar-refractivity contribution in [3.8, 4) is 5.75 Å². The molecule has 0 fully saturated rings. The van der Waals surface area contributed by atoms with E-state index in [4.69, 9.17) is 21.1 Å². The van der Waals surface area contributed by atoms with E-state index in [-0.39, 0.29) is 5.91 Å². The fraction of sp³-hybridized carbons (Fsp3) is 0.182. The van der Waals surface area contributed by atoms with Crippen molar-refractivity contribution in [2.45, 2.75) is 19.4 Å². The van der Waals surface area contributed by atoms with Crippen LogP contribution >= 0.6 is 11.6 Å².